The summed E-state index contributed by atoms with van der Waals surface area (Å²) in [6, 6.07) is 0. The fourth-order valence-electron chi connectivity index (χ4n) is 0. The third-order valence-corrected chi connectivity index (χ3v) is 0.171. The molecule has 0 aromatic rings. The summed E-state index contributed by atoms with van der Waals surface area (Å²) in [5.74, 6) is 0. The molecule has 0 aliphatic heterocycles. The van der Waals surface area contributed by atoms with Crippen LogP contribution in [0.25, 0.3) is 0 Å². The van der Waals surface area contributed by atoms with Crippen LogP contribution in [-0.2, 0) is 0 Å². The minimum Gasteiger partial charge on any atom is -0.408 e. The first-order chi connectivity index (χ1) is 2.27. The zero-order chi connectivity index (χ0) is 4.28. The Morgan fingerprint density at radius 1 is 2.00 bits per heavy atom. The second-order valence-electron chi connectivity index (χ2n) is 0.423. The maximum Gasteiger partial charge on any atom is 0.231 e. The van der Waals surface area contributed by atoms with Gasteiger partial charge in [-0.05, 0) is 11.6 Å². The zero-order valence-electron chi connectivity index (χ0n) is 2.35. The molecule has 30 valence electrons. The third-order valence-electron chi connectivity index (χ3n) is 0.0955. The van der Waals surface area contributed by atoms with Crippen LogP contribution in [0.5, 0.6) is 0 Å². The largest absolute Gasteiger partial charge is 0.408 e. The van der Waals surface area contributed by atoms with E-state index >= 15 is 0 Å². The van der Waals surface area contributed by atoms with Crippen molar-refractivity contribution in [1.82, 2.24) is 0 Å². The molecule has 5 heavy (non-hydrogen) atoms. The molecule has 0 bridgehead atoms. The molecule has 0 aromatic heterocycles. The van der Waals surface area contributed by atoms with E-state index in [4.69, 9.17) is 16.8 Å². The first kappa shape index (κ1) is 4.56. The van der Waals surface area contributed by atoms with Gasteiger partial charge in [0.1, 0.15) is 0 Å². The first-order valence-corrected chi connectivity index (χ1v) is 1.28. The summed E-state index contributed by atoms with van der Waals surface area (Å²) in [5, 5.41) is 9.48. The average molecular weight is 94.5 g/mol. The summed E-state index contributed by atoms with van der Waals surface area (Å²) >= 11 is 4.74. The predicted octanol–water partition coefficient (Wildman–Crippen LogP) is -0.0709. The number of nitrogens with zero attached hydrogens (tertiary/aromatic N) is 1. The summed E-state index contributed by atoms with van der Waals surface area (Å²) in [6.45, 7) is 0. The maximum absolute atomic E-state index is 7.47. The molecule has 0 atom stereocenters. The molecule has 0 spiro atoms. The highest BCUT2D eigenvalue weighted by atomic mass is 35.5. The number of oxime groups is 1. The lowest BCUT2D eigenvalue weighted by molar-refractivity contribution is 0.320. The molecule has 0 radical (unpaired) electrons. The lowest BCUT2D eigenvalue weighted by atomic mass is 11.4. The Labute approximate surface area is 34.0 Å². The maximum atomic E-state index is 7.47. The minimum absolute atomic E-state index is 0.343. The van der Waals surface area contributed by atoms with E-state index in [1.165, 1.54) is 0 Å². The standard InChI is InChI=1S/CH3ClN2O/c2-1(3)4-5/h5H,(H2,3,4). The van der Waals surface area contributed by atoms with Crippen LogP contribution in [0.4, 0.5) is 0 Å². The van der Waals surface area contributed by atoms with E-state index in [2.05, 4.69) is 10.9 Å². The van der Waals surface area contributed by atoms with E-state index in [0.29, 0.717) is 0 Å². The van der Waals surface area contributed by atoms with Crippen molar-refractivity contribution in [3.63, 3.8) is 0 Å². The number of hydrogen-bond donors (Lipinski definition) is 2. The SMILES string of the molecule is N/C(Cl)=N\O. The van der Waals surface area contributed by atoms with Gasteiger partial charge >= 0.3 is 0 Å². The third kappa shape index (κ3) is 3.56. The van der Waals surface area contributed by atoms with E-state index in [-0.39, 0.29) is 5.29 Å². The van der Waals surface area contributed by atoms with Crippen LogP contribution < -0.4 is 5.73 Å². The molecule has 0 unspecified atom stereocenters. The summed E-state index contributed by atoms with van der Waals surface area (Å²) in [4.78, 5) is 0. The Morgan fingerprint density at radius 3 is 2.20 bits per heavy atom. The average Bonchev–Trinajstić information content (AvgIpc) is 1.38. The van der Waals surface area contributed by atoms with E-state index in [1.54, 1.807) is 0 Å². The van der Waals surface area contributed by atoms with Crippen LogP contribution in [0, 0.1) is 0 Å². The van der Waals surface area contributed by atoms with Gasteiger partial charge in [0.25, 0.3) is 0 Å². The molecule has 0 saturated heterocycles. The molecule has 0 rings (SSSR count). The number of nitrogens with two attached hydrogens (primary N) is 1. The van der Waals surface area contributed by atoms with Crippen molar-refractivity contribution >= 4 is 16.9 Å². The van der Waals surface area contributed by atoms with Gasteiger partial charge in [-0.1, -0.05) is 5.16 Å². The number of rotatable bonds is 0. The fourth-order valence-corrected chi connectivity index (χ4v) is 0. The van der Waals surface area contributed by atoms with Gasteiger partial charge < -0.3 is 10.9 Å². The lowest BCUT2D eigenvalue weighted by Gasteiger charge is -1.70. The van der Waals surface area contributed by atoms with Gasteiger partial charge in [0.2, 0.25) is 5.29 Å². The Bertz CT molecular complexity index is 47.6. The van der Waals surface area contributed by atoms with Gasteiger partial charge in [-0.2, -0.15) is 0 Å². The normalized spacial score (nSPS) is 11.8. The first-order valence-electron chi connectivity index (χ1n) is 0.901. The summed E-state index contributed by atoms with van der Waals surface area (Å²) in [6.07, 6.45) is 0. The molecule has 0 heterocycles. The highest BCUT2D eigenvalue weighted by Crippen LogP contribution is 1.66. The minimum atomic E-state index is -0.343. The van der Waals surface area contributed by atoms with Crippen molar-refractivity contribution in [1.29, 1.82) is 0 Å². The number of halogens is 1. The lowest BCUT2D eigenvalue weighted by Crippen LogP contribution is -1.99. The molecule has 0 fully saturated rings. The van der Waals surface area contributed by atoms with Crippen molar-refractivity contribution in [3.8, 4) is 0 Å². The zero-order valence-corrected chi connectivity index (χ0v) is 3.11. The molecule has 0 aliphatic carbocycles. The van der Waals surface area contributed by atoms with Crippen LogP contribution in [0.3, 0.4) is 0 Å². The van der Waals surface area contributed by atoms with Crippen molar-refractivity contribution in [3.05, 3.63) is 0 Å². The van der Waals surface area contributed by atoms with Crippen LogP contribution in [-0.4, -0.2) is 10.5 Å². The van der Waals surface area contributed by atoms with Crippen molar-refractivity contribution in [2.45, 2.75) is 0 Å². The van der Waals surface area contributed by atoms with Gasteiger partial charge in [-0.25, -0.2) is 0 Å². The van der Waals surface area contributed by atoms with Gasteiger partial charge in [0, 0.05) is 0 Å². The monoisotopic (exact) mass is 94.0 g/mol. The summed E-state index contributed by atoms with van der Waals surface area (Å²) in [5.41, 5.74) is 4.56. The predicted molar refractivity (Wildman–Crippen MR) is 19.3 cm³/mol. The summed E-state index contributed by atoms with van der Waals surface area (Å²) in [7, 11) is 0. The highest BCUT2D eigenvalue weighted by molar-refractivity contribution is 6.64. The molecular weight excluding hydrogens is 91.5 g/mol. The Hall–Kier alpha value is -0.440. The molecule has 4 heteroatoms. The Balaban J connectivity index is 3.14. The van der Waals surface area contributed by atoms with Crippen LogP contribution >= 0.6 is 11.6 Å². The highest BCUT2D eigenvalue weighted by Gasteiger charge is 1.69. The van der Waals surface area contributed by atoms with Crippen LogP contribution in [0.2, 0.25) is 0 Å². The molecular formula is CH3ClN2O. The topological polar surface area (TPSA) is 58.6 Å². The van der Waals surface area contributed by atoms with Crippen molar-refractivity contribution < 1.29 is 5.21 Å². The van der Waals surface area contributed by atoms with Crippen molar-refractivity contribution in [2.24, 2.45) is 10.9 Å². The Morgan fingerprint density at radius 2 is 2.20 bits per heavy atom. The molecule has 0 saturated carbocycles. The number of hydrogen-bond acceptors (Lipinski definition) is 2. The van der Waals surface area contributed by atoms with E-state index in [1.807, 2.05) is 0 Å². The smallest absolute Gasteiger partial charge is 0.231 e. The molecule has 0 aliphatic rings. The second-order valence-corrected chi connectivity index (χ2v) is 0.810. The van der Waals surface area contributed by atoms with E-state index < -0.39 is 0 Å². The van der Waals surface area contributed by atoms with Gasteiger partial charge in [0.15, 0.2) is 0 Å². The van der Waals surface area contributed by atoms with Crippen molar-refractivity contribution in [2.75, 3.05) is 0 Å². The van der Waals surface area contributed by atoms with Crippen LogP contribution in [0.15, 0.2) is 5.16 Å². The molecule has 3 nitrogen and oxygen atoms in total. The fraction of sp³-hybridized carbons (Fsp3) is 0. The molecule has 3 N–H and O–H groups in total. The molecule has 0 aromatic carbocycles. The van der Waals surface area contributed by atoms with E-state index in [0.717, 1.165) is 0 Å². The number of amidine groups is 1. The molecule has 0 amide bonds. The second kappa shape index (κ2) is 1.84. The quantitative estimate of drug-likeness (QED) is 0.145. The van der Waals surface area contributed by atoms with E-state index in [9.17, 15) is 0 Å². The van der Waals surface area contributed by atoms with Gasteiger partial charge in [-0.15, -0.1) is 0 Å². The Kier molecular flexibility index (Phi) is 1.68. The van der Waals surface area contributed by atoms with Gasteiger partial charge in [0.05, 0.1) is 0 Å². The summed E-state index contributed by atoms with van der Waals surface area (Å²) < 4.78 is 0. The van der Waals surface area contributed by atoms with Crippen LogP contribution in [0.1, 0.15) is 0 Å². The van der Waals surface area contributed by atoms with Gasteiger partial charge in [-0.3, -0.25) is 0 Å².